The van der Waals surface area contributed by atoms with Crippen LogP contribution in [0.5, 0.6) is 0 Å². The van der Waals surface area contributed by atoms with E-state index < -0.39 is 0 Å². The number of nitrogens with one attached hydrogen (secondary N) is 1. The standard InChI is InChI=1S/C17H15N5/c1-2-6-13(7-3-1)10-11-18-16-17-21-19-12-22(17)15-9-5-4-8-14(15)20-16/h1-9,12H,10-11H2,(H,18,20). The third-order valence-corrected chi connectivity index (χ3v) is 3.68. The number of aromatic nitrogens is 4. The van der Waals surface area contributed by atoms with Crippen molar-refractivity contribution in [3.8, 4) is 0 Å². The predicted octanol–water partition coefficient (Wildman–Crippen LogP) is 2.93. The van der Waals surface area contributed by atoms with Crippen LogP contribution in [0.25, 0.3) is 16.7 Å². The molecule has 0 amide bonds. The first kappa shape index (κ1) is 12.8. The first-order valence-electron chi connectivity index (χ1n) is 7.28. The Morgan fingerprint density at radius 3 is 2.68 bits per heavy atom. The molecular formula is C17H15N5. The van der Waals surface area contributed by atoms with Gasteiger partial charge in [-0.3, -0.25) is 4.40 Å². The van der Waals surface area contributed by atoms with E-state index in [2.05, 4.69) is 44.8 Å². The normalized spacial score (nSPS) is 11.1. The molecule has 1 N–H and O–H groups in total. The average molecular weight is 289 g/mol. The monoisotopic (exact) mass is 289 g/mol. The molecule has 5 nitrogen and oxygen atoms in total. The Balaban J connectivity index is 1.64. The number of nitrogens with zero attached hydrogens (tertiary/aromatic N) is 4. The van der Waals surface area contributed by atoms with Crippen LogP contribution in [-0.2, 0) is 6.42 Å². The molecule has 0 spiro atoms. The molecule has 4 rings (SSSR count). The average Bonchev–Trinajstić information content (AvgIpc) is 3.06. The molecule has 0 fully saturated rings. The first-order chi connectivity index (χ1) is 10.9. The van der Waals surface area contributed by atoms with Crippen LogP contribution in [0, 0.1) is 0 Å². The van der Waals surface area contributed by atoms with E-state index in [1.165, 1.54) is 5.56 Å². The van der Waals surface area contributed by atoms with Crippen LogP contribution in [0.2, 0.25) is 0 Å². The minimum Gasteiger partial charge on any atom is -0.367 e. The van der Waals surface area contributed by atoms with Gasteiger partial charge in [0, 0.05) is 6.54 Å². The molecule has 0 saturated heterocycles. The van der Waals surface area contributed by atoms with Gasteiger partial charge in [-0.25, -0.2) is 4.98 Å². The van der Waals surface area contributed by atoms with Crippen molar-refractivity contribution in [3.05, 3.63) is 66.5 Å². The molecule has 0 atom stereocenters. The lowest BCUT2D eigenvalue weighted by molar-refractivity contribution is 1.01. The summed E-state index contributed by atoms with van der Waals surface area (Å²) < 4.78 is 1.97. The summed E-state index contributed by atoms with van der Waals surface area (Å²) in [7, 11) is 0. The lowest BCUT2D eigenvalue weighted by atomic mass is 10.1. The van der Waals surface area contributed by atoms with Crippen molar-refractivity contribution in [2.24, 2.45) is 0 Å². The Kier molecular flexibility index (Phi) is 3.16. The predicted molar refractivity (Wildman–Crippen MR) is 86.9 cm³/mol. The molecule has 108 valence electrons. The quantitative estimate of drug-likeness (QED) is 0.627. The van der Waals surface area contributed by atoms with Crippen LogP contribution in [0.1, 0.15) is 5.56 Å². The minimum absolute atomic E-state index is 0.756. The lowest BCUT2D eigenvalue weighted by Gasteiger charge is -2.09. The number of benzene rings is 2. The van der Waals surface area contributed by atoms with Gasteiger partial charge in [-0.1, -0.05) is 42.5 Å². The van der Waals surface area contributed by atoms with E-state index in [0.29, 0.717) is 0 Å². The van der Waals surface area contributed by atoms with Crippen LogP contribution in [0.15, 0.2) is 60.9 Å². The number of para-hydroxylation sites is 2. The van der Waals surface area contributed by atoms with Gasteiger partial charge < -0.3 is 5.32 Å². The molecule has 0 saturated carbocycles. The van der Waals surface area contributed by atoms with Gasteiger partial charge in [-0.05, 0) is 24.1 Å². The molecule has 22 heavy (non-hydrogen) atoms. The van der Waals surface area contributed by atoms with Crippen LogP contribution >= 0.6 is 0 Å². The van der Waals surface area contributed by atoms with E-state index in [0.717, 1.165) is 35.5 Å². The topological polar surface area (TPSA) is 55.1 Å². The van der Waals surface area contributed by atoms with Crippen LogP contribution in [-0.4, -0.2) is 26.1 Å². The van der Waals surface area contributed by atoms with Crippen molar-refractivity contribution < 1.29 is 0 Å². The van der Waals surface area contributed by atoms with Gasteiger partial charge in [0.1, 0.15) is 6.33 Å². The minimum atomic E-state index is 0.756. The highest BCUT2D eigenvalue weighted by Gasteiger charge is 2.09. The Hall–Kier alpha value is -2.95. The summed E-state index contributed by atoms with van der Waals surface area (Å²) in [5.41, 5.74) is 3.99. The number of fused-ring (bicyclic) bond motifs is 3. The van der Waals surface area contributed by atoms with E-state index in [4.69, 9.17) is 0 Å². The van der Waals surface area contributed by atoms with Crippen LogP contribution < -0.4 is 5.32 Å². The number of hydrogen-bond acceptors (Lipinski definition) is 4. The van der Waals surface area contributed by atoms with E-state index in [9.17, 15) is 0 Å². The Bertz CT molecular complexity index is 914. The molecule has 2 aromatic heterocycles. The maximum atomic E-state index is 4.67. The summed E-state index contributed by atoms with van der Waals surface area (Å²) >= 11 is 0. The highest BCUT2D eigenvalue weighted by molar-refractivity contribution is 5.82. The van der Waals surface area contributed by atoms with E-state index in [-0.39, 0.29) is 0 Å². The summed E-state index contributed by atoms with van der Waals surface area (Å²) in [5.74, 6) is 0.770. The SMILES string of the molecule is c1ccc(CCNc2nc3ccccc3n3cnnc23)cc1. The molecule has 0 aliphatic heterocycles. The first-order valence-corrected chi connectivity index (χ1v) is 7.28. The summed E-state index contributed by atoms with van der Waals surface area (Å²) in [6, 6.07) is 18.4. The summed E-state index contributed by atoms with van der Waals surface area (Å²) in [6.07, 6.45) is 2.66. The summed E-state index contributed by atoms with van der Waals surface area (Å²) in [5, 5.41) is 11.6. The fourth-order valence-corrected chi connectivity index (χ4v) is 2.59. The largest absolute Gasteiger partial charge is 0.367 e. The maximum Gasteiger partial charge on any atom is 0.203 e. The molecule has 4 aromatic rings. The van der Waals surface area contributed by atoms with Gasteiger partial charge in [0.05, 0.1) is 11.0 Å². The van der Waals surface area contributed by atoms with Crippen molar-refractivity contribution >= 4 is 22.5 Å². The number of rotatable bonds is 4. The van der Waals surface area contributed by atoms with E-state index in [1.807, 2.05) is 34.7 Å². The molecule has 0 unspecified atom stereocenters. The van der Waals surface area contributed by atoms with Gasteiger partial charge in [0.2, 0.25) is 5.65 Å². The highest BCUT2D eigenvalue weighted by atomic mass is 15.3. The molecule has 0 aliphatic rings. The molecule has 0 radical (unpaired) electrons. The molecule has 0 bridgehead atoms. The second-order valence-electron chi connectivity index (χ2n) is 5.14. The third-order valence-electron chi connectivity index (χ3n) is 3.68. The van der Waals surface area contributed by atoms with E-state index >= 15 is 0 Å². The fraction of sp³-hybridized carbons (Fsp3) is 0.118. The maximum absolute atomic E-state index is 4.67. The fourth-order valence-electron chi connectivity index (χ4n) is 2.59. The molecular weight excluding hydrogens is 274 g/mol. The third kappa shape index (κ3) is 2.26. The zero-order valence-electron chi connectivity index (χ0n) is 12.0. The van der Waals surface area contributed by atoms with E-state index in [1.54, 1.807) is 6.33 Å². The molecule has 5 heteroatoms. The summed E-state index contributed by atoms with van der Waals surface area (Å²) in [4.78, 5) is 4.67. The second-order valence-corrected chi connectivity index (χ2v) is 5.14. The van der Waals surface area contributed by atoms with Gasteiger partial charge in [0.25, 0.3) is 0 Å². The van der Waals surface area contributed by atoms with Crippen LogP contribution in [0.3, 0.4) is 0 Å². The van der Waals surface area contributed by atoms with Gasteiger partial charge in [-0.15, -0.1) is 10.2 Å². The van der Waals surface area contributed by atoms with Gasteiger partial charge in [-0.2, -0.15) is 0 Å². The Labute approximate surface area is 127 Å². The summed E-state index contributed by atoms with van der Waals surface area (Å²) in [6.45, 7) is 0.803. The number of hydrogen-bond donors (Lipinski definition) is 1. The van der Waals surface area contributed by atoms with Crippen molar-refractivity contribution in [2.45, 2.75) is 6.42 Å². The van der Waals surface area contributed by atoms with Crippen molar-refractivity contribution in [2.75, 3.05) is 11.9 Å². The Morgan fingerprint density at radius 1 is 0.955 bits per heavy atom. The highest BCUT2D eigenvalue weighted by Crippen LogP contribution is 2.19. The lowest BCUT2D eigenvalue weighted by Crippen LogP contribution is -2.08. The second kappa shape index (κ2) is 5.44. The van der Waals surface area contributed by atoms with Gasteiger partial charge >= 0.3 is 0 Å². The zero-order valence-corrected chi connectivity index (χ0v) is 12.0. The Morgan fingerprint density at radius 2 is 1.77 bits per heavy atom. The van der Waals surface area contributed by atoms with Crippen molar-refractivity contribution in [1.82, 2.24) is 19.6 Å². The molecule has 2 heterocycles. The van der Waals surface area contributed by atoms with Crippen LogP contribution in [0.4, 0.5) is 5.82 Å². The molecule has 0 aliphatic carbocycles. The van der Waals surface area contributed by atoms with Crippen molar-refractivity contribution in [1.29, 1.82) is 0 Å². The number of anilines is 1. The zero-order chi connectivity index (χ0) is 14.8. The van der Waals surface area contributed by atoms with Gasteiger partial charge in [0.15, 0.2) is 5.82 Å². The van der Waals surface area contributed by atoms with Crippen molar-refractivity contribution in [3.63, 3.8) is 0 Å². The molecule has 2 aromatic carbocycles. The smallest absolute Gasteiger partial charge is 0.203 e.